The van der Waals surface area contributed by atoms with Crippen molar-refractivity contribution in [1.29, 1.82) is 0 Å². The van der Waals surface area contributed by atoms with Crippen LogP contribution in [0.4, 0.5) is 0 Å². The molecule has 0 radical (unpaired) electrons. The number of benzene rings is 4. The van der Waals surface area contributed by atoms with Crippen LogP contribution in [-0.2, 0) is 6.61 Å². The van der Waals surface area contributed by atoms with Gasteiger partial charge in [0.25, 0.3) is 5.91 Å². The zero-order chi connectivity index (χ0) is 22.5. The summed E-state index contributed by atoms with van der Waals surface area (Å²) in [5.41, 5.74) is 4.86. The van der Waals surface area contributed by atoms with Crippen molar-refractivity contribution in [3.63, 3.8) is 0 Å². The van der Waals surface area contributed by atoms with E-state index in [2.05, 4.69) is 42.4 Å². The number of fused-ring (bicyclic) bond motifs is 1. The minimum Gasteiger partial charge on any atom is -0.486 e. The van der Waals surface area contributed by atoms with Gasteiger partial charge in [-0.25, -0.2) is 5.43 Å². The minimum atomic E-state index is -0.268. The molecule has 4 rings (SSSR count). The average Bonchev–Trinajstić information content (AvgIpc) is 2.79. The topological polar surface area (TPSA) is 50.7 Å². The van der Waals surface area contributed by atoms with Gasteiger partial charge in [-0.1, -0.05) is 66.2 Å². The monoisotopic (exact) mass is 570 g/mol. The first-order chi connectivity index (χ1) is 15.5. The summed E-state index contributed by atoms with van der Waals surface area (Å²) < 4.78 is 7.44. The van der Waals surface area contributed by atoms with Gasteiger partial charge in [0.1, 0.15) is 12.4 Å². The van der Waals surface area contributed by atoms with Gasteiger partial charge in [-0.15, -0.1) is 0 Å². The number of ether oxygens (including phenoxy) is 1. The van der Waals surface area contributed by atoms with Crippen LogP contribution in [-0.4, -0.2) is 12.1 Å². The van der Waals surface area contributed by atoms with Crippen molar-refractivity contribution < 1.29 is 9.53 Å². The second kappa shape index (κ2) is 10.3. The van der Waals surface area contributed by atoms with Gasteiger partial charge in [-0.05, 0) is 72.5 Å². The van der Waals surface area contributed by atoms with Gasteiger partial charge in [0.15, 0.2) is 0 Å². The van der Waals surface area contributed by atoms with Crippen molar-refractivity contribution >= 4 is 66.4 Å². The van der Waals surface area contributed by atoms with E-state index in [4.69, 9.17) is 16.3 Å². The highest BCUT2D eigenvalue weighted by Crippen LogP contribution is 2.35. The predicted molar refractivity (Wildman–Crippen MR) is 137 cm³/mol. The summed E-state index contributed by atoms with van der Waals surface area (Å²) in [6, 6.07) is 24.6. The Balaban J connectivity index is 1.45. The summed E-state index contributed by atoms with van der Waals surface area (Å²) >= 11 is 13.3. The van der Waals surface area contributed by atoms with Crippen molar-refractivity contribution in [1.82, 2.24) is 5.43 Å². The van der Waals surface area contributed by atoms with E-state index in [0.29, 0.717) is 22.9 Å². The maximum Gasteiger partial charge on any atom is 0.271 e. The molecule has 0 aliphatic heterocycles. The van der Waals surface area contributed by atoms with Crippen LogP contribution < -0.4 is 10.2 Å². The van der Waals surface area contributed by atoms with Crippen molar-refractivity contribution in [3.8, 4) is 5.75 Å². The number of carbonyl (C=O) groups excluding carboxylic acids is 1. The van der Waals surface area contributed by atoms with Crippen LogP contribution >= 0.6 is 43.5 Å². The molecule has 4 aromatic carbocycles. The quantitative estimate of drug-likeness (QED) is 0.194. The molecule has 0 fully saturated rings. The van der Waals surface area contributed by atoms with Crippen LogP contribution in [0.5, 0.6) is 5.75 Å². The van der Waals surface area contributed by atoms with Crippen LogP contribution in [0.25, 0.3) is 10.8 Å². The van der Waals surface area contributed by atoms with E-state index in [1.165, 1.54) is 0 Å². The smallest absolute Gasteiger partial charge is 0.271 e. The van der Waals surface area contributed by atoms with E-state index < -0.39 is 0 Å². The van der Waals surface area contributed by atoms with Gasteiger partial charge < -0.3 is 4.74 Å². The van der Waals surface area contributed by atoms with Crippen LogP contribution in [0, 0.1) is 0 Å². The number of carbonyl (C=O) groups is 1. The normalized spacial score (nSPS) is 11.1. The lowest BCUT2D eigenvalue weighted by Crippen LogP contribution is -2.17. The number of rotatable bonds is 6. The first-order valence-corrected chi connectivity index (χ1v) is 11.7. The molecule has 0 aromatic heterocycles. The third-order valence-corrected chi connectivity index (χ3v) is 6.31. The molecule has 1 N–H and O–H groups in total. The Morgan fingerprint density at radius 1 is 0.969 bits per heavy atom. The third kappa shape index (κ3) is 5.21. The number of halogens is 3. The molecule has 0 aliphatic carbocycles. The molecule has 160 valence electrons. The second-order valence-corrected chi connectivity index (χ2v) is 9.04. The fraction of sp³-hybridized carbons (Fsp3) is 0.0400. The number of nitrogens with one attached hydrogen (secondary N) is 1. The van der Waals surface area contributed by atoms with Crippen LogP contribution in [0.2, 0.25) is 5.02 Å². The molecular weight excluding hydrogens is 556 g/mol. The van der Waals surface area contributed by atoms with E-state index >= 15 is 0 Å². The van der Waals surface area contributed by atoms with Gasteiger partial charge in [0, 0.05) is 16.1 Å². The fourth-order valence-electron chi connectivity index (χ4n) is 3.21. The lowest BCUT2D eigenvalue weighted by Gasteiger charge is -2.12. The number of hydrazone groups is 1. The summed E-state index contributed by atoms with van der Waals surface area (Å²) in [6.07, 6.45) is 1.58. The Kier molecular flexibility index (Phi) is 7.25. The van der Waals surface area contributed by atoms with Crippen LogP contribution in [0.1, 0.15) is 21.5 Å². The Bertz CT molecular complexity index is 1300. The van der Waals surface area contributed by atoms with Crippen LogP contribution in [0.3, 0.4) is 0 Å². The van der Waals surface area contributed by atoms with E-state index in [1.807, 2.05) is 72.8 Å². The zero-order valence-corrected chi connectivity index (χ0v) is 20.6. The van der Waals surface area contributed by atoms with Gasteiger partial charge in [-0.3, -0.25) is 4.79 Å². The molecule has 4 aromatic rings. The van der Waals surface area contributed by atoms with E-state index in [1.54, 1.807) is 12.3 Å². The second-order valence-electron chi connectivity index (χ2n) is 6.92. The molecule has 0 spiro atoms. The lowest BCUT2D eigenvalue weighted by molar-refractivity contribution is 0.0957. The van der Waals surface area contributed by atoms with E-state index in [0.717, 1.165) is 30.8 Å². The molecule has 7 heteroatoms. The Hall–Kier alpha value is -2.67. The van der Waals surface area contributed by atoms with Crippen molar-refractivity contribution in [2.45, 2.75) is 6.61 Å². The molecule has 0 atom stereocenters. The average molecular weight is 573 g/mol. The third-order valence-electron chi connectivity index (χ3n) is 4.76. The molecule has 0 saturated carbocycles. The first kappa shape index (κ1) is 22.5. The standard InChI is InChI=1S/C25H17Br2ClN2O2/c26-21-12-16(13-22(27)24(21)32-15-18-7-2-4-11-23(18)28)14-29-30-25(31)20-10-5-8-17-6-1-3-9-19(17)20/h1-14H,15H2,(H,30,31)/b29-14-. The number of amides is 1. The summed E-state index contributed by atoms with van der Waals surface area (Å²) in [5.74, 6) is 0.387. The zero-order valence-electron chi connectivity index (χ0n) is 16.7. The molecule has 1 amide bonds. The molecule has 32 heavy (non-hydrogen) atoms. The minimum absolute atomic E-state index is 0.268. The molecule has 4 nitrogen and oxygen atoms in total. The first-order valence-electron chi connectivity index (χ1n) is 9.69. The Morgan fingerprint density at radius 3 is 2.44 bits per heavy atom. The number of hydrogen-bond donors (Lipinski definition) is 1. The molecular formula is C25H17Br2ClN2O2. The van der Waals surface area contributed by atoms with Gasteiger partial charge in [0.05, 0.1) is 15.2 Å². The Morgan fingerprint density at radius 2 is 1.66 bits per heavy atom. The summed E-state index contributed by atoms with van der Waals surface area (Å²) in [5, 5.41) is 6.66. The van der Waals surface area contributed by atoms with Gasteiger partial charge in [-0.2, -0.15) is 5.10 Å². The highest BCUT2D eigenvalue weighted by atomic mass is 79.9. The molecule has 0 aliphatic rings. The number of hydrogen-bond acceptors (Lipinski definition) is 3. The number of nitrogens with zero attached hydrogens (tertiary/aromatic N) is 1. The molecule has 0 saturated heterocycles. The van der Waals surface area contributed by atoms with Crippen LogP contribution in [0.15, 0.2) is 92.9 Å². The maximum atomic E-state index is 12.6. The van der Waals surface area contributed by atoms with Crippen molar-refractivity contribution in [2.24, 2.45) is 5.10 Å². The summed E-state index contributed by atoms with van der Waals surface area (Å²) in [4.78, 5) is 12.6. The largest absolute Gasteiger partial charge is 0.486 e. The summed E-state index contributed by atoms with van der Waals surface area (Å²) in [7, 11) is 0. The SMILES string of the molecule is O=C(N/N=C\c1cc(Br)c(OCc2ccccc2Cl)c(Br)c1)c1cccc2ccccc12. The van der Waals surface area contributed by atoms with Crippen molar-refractivity contribution in [2.75, 3.05) is 0 Å². The Labute approximate surface area is 207 Å². The van der Waals surface area contributed by atoms with E-state index in [-0.39, 0.29) is 5.91 Å². The molecule has 0 heterocycles. The predicted octanol–water partition coefficient (Wildman–Crippen LogP) is 7.36. The van der Waals surface area contributed by atoms with E-state index in [9.17, 15) is 4.79 Å². The highest BCUT2D eigenvalue weighted by molar-refractivity contribution is 9.11. The van der Waals surface area contributed by atoms with Gasteiger partial charge in [0.2, 0.25) is 0 Å². The molecule has 0 unspecified atom stereocenters. The molecule has 0 bridgehead atoms. The van der Waals surface area contributed by atoms with Gasteiger partial charge >= 0.3 is 0 Å². The fourth-order valence-corrected chi connectivity index (χ4v) is 4.85. The maximum absolute atomic E-state index is 12.6. The van der Waals surface area contributed by atoms with Crippen molar-refractivity contribution in [3.05, 3.63) is 110 Å². The highest BCUT2D eigenvalue weighted by Gasteiger charge is 2.11. The summed E-state index contributed by atoms with van der Waals surface area (Å²) in [6.45, 7) is 0.339. The lowest BCUT2D eigenvalue weighted by atomic mass is 10.0.